The minimum atomic E-state index is -2.58. The van der Waals surface area contributed by atoms with Crippen molar-refractivity contribution in [2.45, 2.75) is 118 Å². The van der Waals surface area contributed by atoms with Crippen molar-refractivity contribution in [3.8, 4) is 0 Å². The highest BCUT2D eigenvalue weighted by atomic mass is 28.4. The van der Waals surface area contributed by atoms with Gasteiger partial charge in [-0.05, 0) is 130 Å². The molecule has 46 heavy (non-hydrogen) atoms. The predicted molar refractivity (Wildman–Crippen MR) is 203 cm³/mol. The SMILES string of the molecule is CCO[Si](C)(C)CCCC=NCCN(CCN=CCCC[Si](C)(OCC)OCC)CCN=CCCC[Si](OCC)(OCC)OCC. The molecule has 0 aliphatic rings. The maximum absolute atomic E-state index is 5.97. The number of hydrogen-bond acceptors (Lipinski definition) is 10. The fourth-order valence-electron chi connectivity index (χ4n) is 5.28. The van der Waals surface area contributed by atoms with E-state index in [1.165, 1.54) is 6.04 Å². The third-order valence-electron chi connectivity index (χ3n) is 7.44. The highest BCUT2D eigenvalue weighted by Crippen LogP contribution is 2.19. The average molecular weight is 705 g/mol. The Morgan fingerprint density at radius 2 is 0.848 bits per heavy atom. The van der Waals surface area contributed by atoms with Gasteiger partial charge in [0.1, 0.15) is 0 Å². The second-order valence-electron chi connectivity index (χ2n) is 12.0. The van der Waals surface area contributed by atoms with Gasteiger partial charge in [0.15, 0.2) is 8.32 Å². The van der Waals surface area contributed by atoms with Gasteiger partial charge in [0.25, 0.3) is 0 Å². The molecular weight excluding hydrogens is 633 g/mol. The molecule has 0 saturated carbocycles. The van der Waals surface area contributed by atoms with E-state index in [2.05, 4.69) is 43.9 Å². The zero-order valence-electron chi connectivity index (χ0n) is 31.3. The zero-order valence-corrected chi connectivity index (χ0v) is 34.3. The Hall–Kier alpha value is -0.619. The second-order valence-corrected chi connectivity index (χ2v) is 22.3. The number of nitrogens with zero attached hydrogens (tertiary/aromatic N) is 4. The van der Waals surface area contributed by atoms with Gasteiger partial charge in [0.2, 0.25) is 0 Å². The second kappa shape index (κ2) is 29.3. The first-order valence-electron chi connectivity index (χ1n) is 18.2. The van der Waals surface area contributed by atoms with Gasteiger partial charge in [-0.25, -0.2) is 0 Å². The Balaban J connectivity index is 4.78. The lowest BCUT2D eigenvalue weighted by atomic mass is 10.3. The molecule has 0 aromatic carbocycles. The van der Waals surface area contributed by atoms with Crippen LogP contribution in [0, 0.1) is 0 Å². The first kappa shape index (κ1) is 45.4. The molecule has 0 aliphatic heterocycles. The van der Waals surface area contributed by atoms with Gasteiger partial charge >= 0.3 is 17.4 Å². The summed E-state index contributed by atoms with van der Waals surface area (Å²) in [6.07, 6.45) is 12.2. The van der Waals surface area contributed by atoms with Crippen LogP contribution < -0.4 is 0 Å². The monoisotopic (exact) mass is 704 g/mol. The number of aliphatic imine (C=N–C) groups is 3. The van der Waals surface area contributed by atoms with E-state index >= 15 is 0 Å². The van der Waals surface area contributed by atoms with Crippen LogP contribution in [0.4, 0.5) is 0 Å². The number of rotatable bonds is 33. The molecule has 10 nitrogen and oxygen atoms in total. The summed E-state index contributed by atoms with van der Waals surface area (Å²) >= 11 is 0. The third kappa shape index (κ3) is 24.5. The fraction of sp³-hybridized carbons (Fsp3) is 0.909. The van der Waals surface area contributed by atoms with Crippen LogP contribution in [0.25, 0.3) is 0 Å². The Bertz CT molecular complexity index is 769. The molecule has 0 aromatic heterocycles. The summed E-state index contributed by atoms with van der Waals surface area (Å²) in [5.74, 6) is 0. The third-order valence-corrected chi connectivity index (χ3v) is 16.3. The summed E-state index contributed by atoms with van der Waals surface area (Å²) < 4.78 is 35.8. The van der Waals surface area contributed by atoms with Crippen molar-refractivity contribution in [3.63, 3.8) is 0 Å². The van der Waals surface area contributed by atoms with E-state index in [-0.39, 0.29) is 0 Å². The maximum Gasteiger partial charge on any atom is 0.500 e. The molecule has 0 amide bonds. The molecule has 0 N–H and O–H groups in total. The summed E-state index contributed by atoms with van der Waals surface area (Å²) in [6, 6.07) is 3.00. The standard InChI is InChI=1S/C33H72N4O6Si3/c1-10-38-44(7,8)31-19-16-22-34-25-28-37(29-26-35-23-17-20-32-45(9,39-11-2)40-12-3)30-27-36-24-18-21-33-46(41-13-4,42-14-5)43-15-6/h22-24H,10-21,25-33H2,1-9H3. The molecule has 0 spiro atoms. The average Bonchev–Trinajstić information content (AvgIpc) is 2.99. The van der Waals surface area contributed by atoms with Gasteiger partial charge in [-0.3, -0.25) is 19.9 Å². The van der Waals surface area contributed by atoms with Crippen molar-refractivity contribution in [1.29, 1.82) is 0 Å². The van der Waals surface area contributed by atoms with Crippen LogP contribution in [0.2, 0.25) is 37.8 Å². The predicted octanol–water partition coefficient (Wildman–Crippen LogP) is 7.28. The van der Waals surface area contributed by atoms with E-state index in [1.807, 2.05) is 40.8 Å². The maximum atomic E-state index is 5.97. The van der Waals surface area contributed by atoms with Crippen molar-refractivity contribution < 1.29 is 26.6 Å². The van der Waals surface area contributed by atoms with Gasteiger partial charge in [0.05, 0.1) is 19.6 Å². The van der Waals surface area contributed by atoms with Crippen LogP contribution in [0.15, 0.2) is 15.0 Å². The molecule has 272 valence electrons. The van der Waals surface area contributed by atoms with Gasteiger partial charge in [0, 0.05) is 65.3 Å². The summed E-state index contributed by atoms with van der Waals surface area (Å²) in [4.78, 5) is 16.6. The summed E-state index contributed by atoms with van der Waals surface area (Å²) in [5.41, 5.74) is 0. The Labute approximate surface area is 286 Å². The molecule has 0 aliphatic carbocycles. The van der Waals surface area contributed by atoms with Crippen LogP contribution >= 0.6 is 0 Å². The van der Waals surface area contributed by atoms with Crippen molar-refractivity contribution in [2.24, 2.45) is 15.0 Å². The van der Waals surface area contributed by atoms with E-state index in [1.54, 1.807) is 0 Å². The smallest absolute Gasteiger partial charge is 0.418 e. The molecule has 0 rings (SSSR count). The molecule has 0 aromatic rings. The number of hydrogen-bond donors (Lipinski definition) is 0. The van der Waals surface area contributed by atoms with Crippen molar-refractivity contribution in [3.05, 3.63) is 0 Å². The summed E-state index contributed by atoms with van der Waals surface area (Å²) in [6.45, 7) is 28.1. The minimum Gasteiger partial charge on any atom is -0.418 e. The molecule has 13 heteroatoms. The van der Waals surface area contributed by atoms with Gasteiger partial charge in [-0.15, -0.1) is 0 Å². The van der Waals surface area contributed by atoms with E-state index in [0.717, 1.165) is 96.5 Å². The van der Waals surface area contributed by atoms with E-state index in [9.17, 15) is 0 Å². The lowest BCUT2D eigenvalue weighted by molar-refractivity contribution is 0.0710. The molecular formula is C33H72N4O6Si3. The topological polar surface area (TPSA) is 95.7 Å². The number of unbranched alkanes of at least 4 members (excludes halogenated alkanes) is 3. The molecule has 0 unspecified atom stereocenters. The first-order chi connectivity index (χ1) is 22.1. The Morgan fingerprint density at radius 3 is 1.24 bits per heavy atom. The molecule has 0 fully saturated rings. The van der Waals surface area contributed by atoms with Crippen LogP contribution in [-0.4, -0.2) is 128 Å². The molecule has 0 bridgehead atoms. The summed E-state index contributed by atoms with van der Waals surface area (Å²) in [5, 5.41) is 0. The van der Waals surface area contributed by atoms with Crippen LogP contribution in [0.3, 0.4) is 0 Å². The van der Waals surface area contributed by atoms with E-state index in [4.69, 9.17) is 41.5 Å². The van der Waals surface area contributed by atoms with Crippen molar-refractivity contribution >= 4 is 44.3 Å². The normalized spacial score (nSPS) is 13.4. The Morgan fingerprint density at radius 1 is 0.478 bits per heavy atom. The molecule has 0 radical (unpaired) electrons. The quantitative estimate of drug-likeness (QED) is 0.0403. The van der Waals surface area contributed by atoms with Gasteiger partial charge in [-0.1, -0.05) is 0 Å². The van der Waals surface area contributed by atoms with Crippen LogP contribution in [0.5, 0.6) is 0 Å². The first-order valence-corrected chi connectivity index (χ1v) is 25.7. The van der Waals surface area contributed by atoms with Gasteiger partial charge < -0.3 is 26.6 Å². The van der Waals surface area contributed by atoms with E-state index in [0.29, 0.717) is 33.0 Å². The van der Waals surface area contributed by atoms with Gasteiger partial charge in [-0.2, -0.15) is 0 Å². The van der Waals surface area contributed by atoms with Crippen LogP contribution in [0.1, 0.15) is 80.1 Å². The highest BCUT2D eigenvalue weighted by Gasteiger charge is 2.39. The van der Waals surface area contributed by atoms with Crippen molar-refractivity contribution in [1.82, 2.24) is 4.90 Å². The van der Waals surface area contributed by atoms with Crippen LogP contribution in [-0.2, 0) is 26.6 Å². The zero-order chi connectivity index (χ0) is 34.4. The molecule has 0 saturated heterocycles. The fourth-order valence-corrected chi connectivity index (χ4v) is 12.3. The largest absolute Gasteiger partial charge is 0.500 e. The lowest BCUT2D eigenvalue weighted by Gasteiger charge is -2.28. The molecule has 0 atom stereocenters. The minimum absolute atomic E-state index is 0.612. The molecule has 0 heterocycles. The Kier molecular flexibility index (Phi) is 28.9. The highest BCUT2D eigenvalue weighted by molar-refractivity contribution is 6.71. The van der Waals surface area contributed by atoms with E-state index < -0.39 is 25.7 Å². The van der Waals surface area contributed by atoms with Crippen molar-refractivity contribution in [2.75, 3.05) is 78.9 Å². The lowest BCUT2D eigenvalue weighted by Crippen LogP contribution is -2.45. The summed E-state index contributed by atoms with van der Waals surface area (Å²) in [7, 11) is -6.13.